The standard InChI is InChI=1S/C12H20N2O2/c1-3-6-13-8-11(15)9-14-7-4-5-10(2)12(14)16/h4-5,7,11,13,15H,3,6,8-9H2,1-2H3. The maximum absolute atomic E-state index is 11.7. The zero-order valence-electron chi connectivity index (χ0n) is 9.94. The van der Waals surface area contributed by atoms with E-state index in [4.69, 9.17) is 0 Å². The minimum absolute atomic E-state index is 0.0305. The fourth-order valence-corrected chi connectivity index (χ4v) is 1.54. The molecule has 0 spiro atoms. The molecular formula is C12H20N2O2. The second kappa shape index (κ2) is 6.45. The fraction of sp³-hybridized carbons (Fsp3) is 0.583. The maximum atomic E-state index is 11.7. The lowest BCUT2D eigenvalue weighted by Crippen LogP contribution is -2.34. The Bertz CT molecular complexity index is 374. The van der Waals surface area contributed by atoms with E-state index in [1.165, 1.54) is 0 Å². The van der Waals surface area contributed by atoms with E-state index in [1.54, 1.807) is 23.8 Å². The van der Waals surface area contributed by atoms with Gasteiger partial charge >= 0.3 is 0 Å². The minimum Gasteiger partial charge on any atom is -0.390 e. The molecule has 1 aromatic heterocycles. The number of nitrogens with zero attached hydrogens (tertiary/aromatic N) is 1. The normalized spacial score (nSPS) is 12.7. The Morgan fingerprint density at radius 1 is 1.56 bits per heavy atom. The molecule has 90 valence electrons. The summed E-state index contributed by atoms with van der Waals surface area (Å²) in [7, 11) is 0. The highest BCUT2D eigenvalue weighted by Gasteiger charge is 2.06. The van der Waals surface area contributed by atoms with Crippen molar-refractivity contribution in [2.75, 3.05) is 13.1 Å². The van der Waals surface area contributed by atoms with Gasteiger partial charge in [-0.1, -0.05) is 13.0 Å². The zero-order valence-corrected chi connectivity index (χ0v) is 9.94. The van der Waals surface area contributed by atoms with Crippen LogP contribution >= 0.6 is 0 Å². The van der Waals surface area contributed by atoms with Crippen molar-refractivity contribution in [1.82, 2.24) is 9.88 Å². The number of nitrogens with one attached hydrogen (secondary N) is 1. The highest BCUT2D eigenvalue weighted by molar-refractivity contribution is 5.07. The molecule has 4 nitrogen and oxygen atoms in total. The molecule has 0 saturated heterocycles. The van der Waals surface area contributed by atoms with E-state index in [0.717, 1.165) is 13.0 Å². The number of aromatic nitrogens is 1. The average molecular weight is 224 g/mol. The highest BCUT2D eigenvalue weighted by atomic mass is 16.3. The van der Waals surface area contributed by atoms with Gasteiger partial charge in [0.1, 0.15) is 0 Å². The monoisotopic (exact) mass is 224 g/mol. The van der Waals surface area contributed by atoms with Crippen molar-refractivity contribution in [3.05, 3.63) is 34.2 Å². The molecular weight excluding hydrogens is 204 g/mol. The highest BCUT2D eigenvalue weighted by Crippen LogP contribution is 1.92. The largest absolute Gasteiger partial charge is 0.390 e. The van der Waals surface area contributed by atoms with E-state index in [2.05, 4.69) is 12.2 Å². The van der Waals surface area contributed by atoms with Crippen LogP contribution in [0.25, 0.3) is 0 Å². The first-order valence-corrected chi connectivity index (χ1v) is 5.70. The van der Waals surface area contributed by atoms with Crippen LogP contribution in [-0.4, -0.2) is 28.9 Å². The van der Waals surface area contributed by atoms with Crippen molar-refractivity contribution in [3.63, 3.8) is 0 Å². The van der Waals surface area contributed by atoms with Crippen LogP contribution in [0.4, 0.5) is 0 Å². The van der Waals surface area contributed by atoms with Crippen LogP contribution in [-0.2, 0) is 6.54 Å². The number of aliphatic hydroxyl groups excluding tert-OH is 1. The van der Waals surface area contributed by atoms with Crippen LogP contribution in [0.1, 0.15) is 18.9 Å². The van der Waals surface area contributed by atoms with Crippen molar-refractivity contribution in [2.24, 2.45) is 0 Å². The Balaban J connectivity index is 2.53. The van der Waals surface area contributed by atoms with Gasteiger partial charge in [-0.05, 0) is 26.0 Å². The molecule has 1 aromatic rings. The zero-order chi connectivity index (χ0) is 12.0. The summed E-state index contributed by atoms with van der Waals surface area (Å²) in [4.78, 5) is 11.7. The quantitative estimate of drug-likeness (QED) is 0.693. The minimum atomic E-state index is -0.522. The van der Waals surface area contributed by atoms with Crippen LogP contribution in [0.15, 0.2) is 23.1 Å². The fourth-order valence-electron chi connectivity index (χ4n) is 1.54. The third-order valence-corrected chi connectivity index (χ3v) is 2.42. The lowest BCUT2D eigenvalue weighted by Gasteiger charge is -2.13. The number of pyridine rings is 1. The Morgan fingerprint density at radius 2 is 2.31 bits per heavy atom. The summed E-state index contributed by atoms with van der Waals surface area (Å²) < 4.78 is 1.55. The Labute approximate surface area is 95.9 Å². The van der Waals surface area contributed by atoms with Gasteiger partial charge in [0.15, 0.2) is 0 Å². The number of hydrogen-bond donors (Lipinski definition) is 2. The molecule has 4 heteroatoms. The molecule has 16 heavy (non-hydrogen) atoms. The molecule has 0 aromatic carbocycles. The number of hydrogen-bond acceptors (Lipinski definition) is 3. The van der Waals surface area contributed by atoms with E-state index < -0.39 is 6.10 Å². The summed E-state index contributed by atoms with van der Waals surface area (Å²) in [6.45, 7) is 5.61. The van der Waals surface area contributed by atoms with Crippen molar-refractivity contribution in [2.45, 2.75) is 32.9 Å². The third-order valence-electron chi connectivity index (χ3n) is 2.42. The van der Waals surface area contributed by atoms with Gasteiger partial charge in [-0.3, -0.25) is 4.79 Å². The smallest absolute Gasteiger partial charge is 0.253 e. The van der Waals surface area contributed by atoms with Crippen molar-refractivity contribution in [1.29, 1.82) is 0 Å². The first kappa shape index (κ1) is 12.9. The topological polar surface area (TPSA) is 54.3 Å². The van der Waals surface area contributed by atoms with Crippen LogP contribution in [0, 0.1) is 6.92 Å². The Hall–Kier alpha value is -1.13. The molecule has 0 aliphatic rings. The van der Waals surface area contributed by atoms with Gasteiger partial charge in [0, 0.05) is 18.3 Å². The van der Waals surface area contributed by atoms with E-state index in [0.29, 0.717) is 18.7 Å². The van der Waals surface area contributed by atoms with Crippen LogP contribution in [0.3, 0.4) is 0 Å². The second-order valence-electron chi connectivity index (χ2n) is 4.01. The summed E-state index contributed by atoms with van der Waals surface area (Å²) in [5, 5.41) is 12.8. The first-order chi connectivity index (χ1) is 7.65. The predicted octanol–water partition coefficient (Wildman–Crippen LogP) is 0.517. The predicted molar refractivity (Wildman–Crippen MR) is 64.6 cm³/mol. The maximum Gasteiger partial charge on any atom is 0.253 e. The molecule has 1 rings (SSSR count). The molecule has 0 saturated carbocycles. The van der Waals surface area contributed by atoms with Gasteiger partial charge in [0.25, 0.3) is 5.56 Å². The summed E-state index contributed by atoms with van der Waals surface area (Å²) >= 11 is 0. The summed E-state index contributed by atoms with van der Waals surface area (Å²) in [5.41, 5.74) is 0.674. The summed E-state index contributed by atoms with van der Waals surface area (Å²) in [6, 6.07) is 3.60. The van der Waals surface area contributed by atoms with E-state index in [1.807, 2.05) is 6.07 Å². The molecule has 0 aliphatic heterocycles. The number of aliphatic hydroxyl groups is 1. The molecule has 2 N–H and O–H groups in total. The molecule has 0 fully saturated rings. The lowest BCUT2D eigenvalue weighted by atomic mass is 10.3. The average Bonchev–Trinajstić information content (AvgIpc) is 2.25. The molecule has 0 radical (unpaired) electrons. The van der Waals surface area contributed by atoms with Gasteiger partial charge < -0.3 is 15.0 Å². The van der Waals surface area contributed by atoms with E-state index in [9.17, 15) is 9.90 Å². The molecule has 1 unspecified atom stereocenters. The molecule has 1 atom stereocenters. The third kappa shape index (κ3) is 3.79. The van der Waals surface area contributed by atoms with Gasteiger partial charge in [0.2, 0.25) is 0 Å². The molecule has 0 aliphatic carbocycles. The number of rotatable bonds is 6. The van der Waals surface area contributed by atoms with Crippen LogP contribution in [0.5, 0.6) is 0 Å². The van der Waals surface area contributed by atoms with E-state index in [-0.39, 0.29) is 5.56 Å². The molecule has 0 bridgehead atoms. The molecule has 0 amide bonds. The van der Waals surface area contributed by atoms with Crippen LogP contribution in [0.2, 0.25) is 0 Å². The number of aryl methyl sites for hydroxylation is 1. The first-order valence-electron chi connectivity index (χ1n) is 5.70. The van der Waals surface area contributed by atoms with Gasteiger partial charge in [-0.2, -0.15) is 0 Å². The Morgan fingerprint density at radius 3 is 3.00 bits per heavy atom. The van der Waals surface area contributed by atoms with Gasteiger partial charge in [-0.15, -0.1) is 0 Å². The molecule has 1 heterocycles. The summed E-state index contributed by atoms with van der Waals surface area (Å²) in [5.74, 6) is 0. The second-order valence-corrected chi connectivity index (χ2v) is 4.01. The van der Waals surface area contributed by atoms with Crippen molar-refractivity contribution < 1.29 is 5.11 Å². The summed E-state index contributed by atoms with van der Waals surface area (Å²) in [6.07, 6.45) is 2.22. The lowest BCUT2D eigenvalue weighted by molar-refractivity contribution is 0.150. The van der Waals surface area contributed by atoms with Crippen LogP contribution < -0.4 is 10.9 Å². The van der Waals surface area contributed by atoms with Crippen molar-refractivity contribution >= 4 is 0 Å². The van der Waals surface area contributed by atoms with E-state index >= 15 is 0 Å². The Kier molecular flexibility index (Phi) is 5.22. The van der Waals surface area contributed by atoms with Gasteiger partial charge in [-0.25, -0.2) is 0 Å². The van der Waals surface area contributed by atoms with Crippen molar-refractivity contribution in [3.8, 4) is 0 Å². The van der Waals surface area contributed by atoms with Gasteiger partial charge in [0.05, 0.1) is 12.6 Å². The SMILES string of the molecule is CCCNCC(O)Cn1cccc(C)c1=O.